The molecule has 0 saturated carbocycles. The molecule has 0 saturated heterocycles. The molecule has 1 aromatic carbocycles. The van der Waals surface area contributed by atoms with Crippen LogP contribution in [0, 0.1) is 12.3 Å². The van der Waals surface area contributed by atoms with Crippen molar-refractivity contribution in [1.29, 1.82) is 0 Å². The molecule has 2 heterocycles. The lowest BCUT2D eigenvalue weighted by Gasteiger charge is -2.39. The van der Waals surface area contributed by atoms with Gasteiger partial charge in [-0.25, -0.2) is 4.79 Å². The molecule has 4 rings (SSSR count). The van der Waals surface area contributed by atoms with Crippen molar-refractivity contribution < 1.29 is 19.1 Å². The number of hydrogen-bond acceptors (Lipinski definition) is 6. The van der Waals surface area contributed by atoms with Gasteiger partial charge in [0.15, 0.2) is 5.78 Å². The zero-order valence-corrected chi connectivity index (χ0v) is 21.9. The molecule has 0 radical (unpaired) electrons. The van der Waals surface area contributed by atoms with Gasteiger partial charge in [-0.3, -0.25) is 4.79 Å². The first-order chi connectivity index (χ1) is 15.6. The number of nitrogens with one attached hydrogen (secondary N) is 1. The lowest BCUT2D eigenvalue weighted by atomic mass is 9.70. The van der Waals surface area contributed by atoms with E-state index < -0.39 is 11.9 Å². The number of Topliss-reactive ketones (excluding diaryl/α,β-unsaturated/α-hetero) is 1. The molecule has 0 amide bonds. The number of aryl methyl sites for hydroxylation is 1. The molecule has 1 aliphatic carbocycles. The van der Waals surface area contributed by atoms with E-state index in [0.717, 1.165) is 43.4 Å². The summed E-state index contributed by atoms with van der Waals surface area (Å²) in [5.41, 5.74) is 3.79. The first-order valence-electron chi connectivity index (χ1n) is 10.9. The van der Waals surface area contributed by atoms with E-state index >= 15 is 0 Å². The summed E-state index contributed by atoms with van der Waals surface area (Å²) in [6.07, 6.45) is 1.22. The maximum Gasteiger partial charge on any atom is 0.336 e. The van der Waals surface area contributed by atoms with Crippen LogP contribution in [0.5, 0.6) is 5.75 Å². The van der Waals surface area contributed by atoms with E-state index in [0.29, 0.717) is 24.2 Å². The number of ketones is 1. The second-order valence-electron chi connectivity index (χ2n) is 9.39. The molecule has 1 N–H and O–H groups in total. The second-order valence-corrected chi connectivity index (χ2v) is 11.6. The topological polar surface area (TPSA) is 64.6 Å². The number of rotatable bonds is 5. The van der Waals surface area contributed by atoms with Crippen LogP contribution in [-0.4, -0.2) is 18.9 Å². The standard InChI is InChI=1S/C26H28BrNO4S/c1-14-22(25(30)31-5)24(23-19(28-14)11-26(3,4)12-20(23)29)21-10-16(15(2)33-21)13-32-18-8-6-17(27)7-9-18/h6-10,24,28H,11-13H2,1-5H3/t24-/m0/s1. The predicted octanol–water partition coefficient (Wildman–Crippen LogP) is 6.18. The van der Waals surface area contributed by atoms with Crippen molar-refractivity contribution in [1.82, 2.24) is 5.32 Å². The maximum absolute atomic E-state index is 13.3. The predicted molar refractivity (Wildman–Crippen MR) is 133 cm³/mol. The smallest absolute Gasteiger partial charge is 0.336 e. The summed E-state index contributed by atoms with van der Waals surface area (Å²) < 4.78 is 12.1. The van der Waals surface area contributed by atoms with Gasteiger partial charge in [0.25, 0.3) is 0 Å². The largest absolute Gasteiger partial charge is 0.489 e. The van der Waals surface area contributed by atoms with Gasteiger partial charge in [-0.05, 0) is 56.0 Å². The minimum Gasteiger partial charge on any atom is -0.489 e. The number of methoxy groups -OCH3 is 1. The Hall–Kier alpha value is -2.38. The molecule has 1 aliphatic heterocycles. The highest BCUT2D eigenvalue weighted by Gasteiger charge is 2.43. The summed E-state index contributed by atoms with van der Waals surface area (Å²) in [5, 5.41) is 3.36. The van der Waals surface area contributed by atoms with Crippen LogP contribution < -0.4 is 10.1 Å². The molecular formula is C26H28BrNO4S. The number of carbonyl (C=O) groups is 2. The monoisotopic (exact) mass is 529 g/mol. The van der Waals surface area contributed by atoms with Crippen LogP contribution in [0.4, 0.5) is 0 Å². The molecule has 2 aromatic rings. The molecule has 2 aliphatic rings. The van der Waals surface area contributed by atoms with Crippen molar-refractivity contribution >= 4 is 39.0 Å². The van der Waals surface area contributed by atoms with Gasteiger partial charge >= 0.3 is 5.97 Å². The van der Waals surface area contributed by atoms with Gasteiger partial charge in [0.1, 0.15) is 12.4 Å². The fourth-order valence-electron chi connectivity index (χ4n) is 4.62. The third-order valence-electron chi connectivity index (χ3n) is 6.18. The first kappa shape index (κ1) is 23.8. The van der Waals surface area contributed by atoms with Gasteiger partial charge in [-0.15, -0.1) is 11.3 Å². The minimum atomic E-state index is -0.428. The second kappa shape index (κ2) is 9.11. The highest BCUT2D eigenvalue weighted by Crippen LogP contribution is 2.48. The Bertz CT molecular complexity index is 1170. The third-order valence-corrected chi connectivity index (χ3v) is 7.86. The summed E-state index contributed by atoms with van der Waals surface area (Å²) >= 11 is 5.04. The fourth-order valence-corrected chi connectivity index (χ4v) is 6.05. The Kier molecular flexibility index (Phi) is 6.56. The number of allylic oxidation sites excluding steroid dienone is 3. The van der Waals surface area contributed by atoms with Gasteiger partial charge in [0, 0.05) is 43.2 Å². The van der Waals surface area contributed by atoms with Crippen molar-refractivity contribution in [2.45, 2.75) is 53.1 Å². The SMILES string of the molecule is COC(=O)C1=C(C)NC2=C(C(=O)CC(C)(C)C2)[C@H]1c1cc(COc2ccc(Br)cc2)c(C)s1. The average molecular weight is 530 g/mol. The Morgan fingerprint density at radius 2 is 1.91 bits per heavy atom. The fraction of sp³-hybridized carbons (Fsp3) is 0.385. The number of hydrogen-bond donors (Lipinski definition) is 1. The Labute approximate surface area is 207 Å². The number of carbonyl (C=O) groups excluding carboxylic acids is 2. The number of esters is 1. The summed E-state index contributed by atoms with van der Waals surface area (Å²) in [7, 11) is 1.38. The summed E-state index contributed by atoms with van der Waals surface area (Å²) in [6, 6.07) is 9.79. The number of dihydropyridines is 1. The van der Waals surface area contributed by atoms with E-state index in [9.17, 15) is 9.59 Å². The number of thiophene rings is 1. The van der Waals surface area contributed by atoms with Crippen LogP contribution in [0.15, 0.2) is 57.3 Å². The van der Waals surface area contributed by atoms with Gasteiger partial charge in [0.2, 0.25) is 0 Å². The number of halogens is 1. The Balaban J connectivity index is 1.72. The molecular weight excluding hydrogens is 502 g/mol. The van der Waals surface area contributed by atoms with Gasteiger partial charge in [-0.2, -0.15) is 0 Å². The molecule has 1 aromatic heterocycles. The molecule has 33 heavy (non-hydrogen) atoms. The van der Waals surface area contributed by atoms with E-state index in [1.807, 2.05) is 38.1 Å². The van der Waals surface area contributed by atoms with E-state index in [4.69, 9.17) is 9.47 Å². The van der Waals surface area contributed by atoms with Gasteiger partial charge < -0.3 is 14.8 Å². The summed E-state index contributed by atoms with van der Waals surface area (Å²) in [5.74, 6) is 0.0367. The Morgan fingerprint density at radius 1 is 1.21 bits per heavy atom. The highest BCUT2D eigenvalue weighted by molar-refractivity contribution is 9.10. The van der Waals surface area contributed by atoms with E-state index in [-0.39, 0.29) is 11.2 Å². The zero-order chi connectivity index (χ0) is 23.9. The van der Waals surface area contributed by atoms with Crippen molar-refractivity contribution in [2.24, 2.45) is 5.41 Å². The lowest BCUT2D eigenvalue weighted by Crippen LogP contribution is -2.38. The van der Waals surface area contributed by atoms with E-state index in [1.54, 1.807) is 11.3 Å². The molecule has 0 unspecified atom stereocenters. The molecule has 0 spiro atoms. The molecule has 1 atom stereocenters. The summed E-state index contributed by atoms with van der Waals surface area (Å²) in [6.45, 7) is 8.55. The van der Waals surface area contributed by atoms with Gasteiger partial charge in [-0.1, -0.05) is 29.8 Å². The quantitative estimate of drug-likeness (QED) is 0.468. The van der Waals surface area contributed by atoms with Crippen LogP contribution in [0.3, 0.4) is 0 Å². The van der Waals surface area contributed by atoms with Crippen LogP contribution in [0.2, 0.25) is 0 Å². The van der Waals surface area contributed by atoms with Crippen LogP contribution in [-0.2, 0) is 20.9 Å². The maximum atomic E-state index is 13.3. The first-order valence-corrected chi connectivity index (χ1v) is 12.5. The van der Waals surface area contributed by atoms with Crippen LogP contribution in [0.25, 0.3) is 0 Å². The molecule has 5 nitrogen and oxygen atoms in total. The molecule has 174 valence electrons. The molecule has 0 bridgehead atoms. The van der Waals surface area contributed by atoms with Crippen molar-refractivity contribution in [2.75, 3.05) is 7.11 Å². The Morgan fingerprint density at radius 3 is 2.58 bits per heavy atom. The van der Waals surface area contributed by atoms with E-state index in [1.165, 1.54) is 7.11 Å². The van der Waals surface area contributed by atoms with Crippen molar-refractivity contribution in [3.8, 4) is 5.75 Å². The average Bonchev–Trinajstić information content (AvgIpc) is 3.11. The van der Waals surface area contributed by atoms with Gasteiger partial charge in [0.05, 0.1) is 18.6 Å². The summed E-state index contributed by atoms with van der Waals surface area (Å²) in [4.78, 5) is 28.2. The molecule has 0 fully saturated rings. The van der Waals surface area contributed by atoms with Crippen molar-refractivity contribution in [3.63, 3.8) is 0 Å². The minimum absolute atomic E-state index is 0.0892. The van der Waals surface area contributed by atoms with E-state index in [2.05, 4.69) is 41.2 Å². The molecule has 7 heteroatoms. The van der Waals surface area contributed by atoms with Crippen LogP contribution in [0.1, 0.15) is 54.8 Å². The number of ether oxygens (including phenoxy) is 2. The lowest BCUT2D eigenvalue weighted by molar-refractivity contribution is -0.136. The van der Waals surface area contributed by atoms with Crippen LogP contribution >= 0.6 is 27.3 Å². The zero-order valence-electron chi connectivity index (χ0n) is 19.5. The van der Waals surface area contributed by atoms with Crippen molar-refractivity contribution in [3.05, 3.63) is 72.7 Å². The highest BCUT2D eigenvalue weighted by atomic mass is 79.9. The normalized spacial score (nSPS) is 19.8. The number of benzene rings is 1. The third kappa shape index (κ3) is 4.80.